The highest BCUT2D eigenvalue weighted by Gasteiger charge is 2.36. The Morgan fingerprint density at radius 2 is 1.74 bits per heavy atom. The van der Waals surface area contributed by atoms with Crippen molar-refractivity contribution < 1.29 is 17.9 Å². The number of hydrogen-bond donors (Lipinski definition) is 0. The topological polar surface area (TPSA) is 88.0 Å². The van der Waals surface area contributed by atoms with Gasteiger partial charge in [0.05, 0.1) is 17.9 Å². The van der Waals surface area contributed by atoms with Crippen molar-refractivity contribution >= 4 is 21.6 Å². The number of aryl methyl sites for hydroxylation is 1. The van der Waals surface area contributed by atoms with Gasteiger partial charge in [0, 0.05) is 52.0 Å². The highest BCUT2D eigenvalue weighted by Crippen LogP contribution is 2.30. The molecule has 192 valence electrons. The maximum atomic E-state index is 13.7. The van der Waals surface area contributed by atoms with Crippen molar-refractivity contribution in [2.45, 2.75) is 51.6 Å². The predicted octanol–water partition coefficient (Wildman–Crippen LogP) is 3.07. The first-order valence-electron chi connectivity index (χ1n) is 12.7. The smallest absolute Gasteiger partial charge is 0.263 e. The van der Waals surface area contributed by atoms with Crippen LogP contribution in [-0.2, 0) is 16.6 Å². The molecule has 0 radical (unpaired) electrons. The zero-order valence-corrected chi connectivity index (χ0v) is 21.8. The first-order valence-corrected chi connectivity index (χ1v) is 14.1. The molecule has 2 aliphatic rings. The minimum atomic E-state index is -3.91. The molecule has 3 heterocycles. The molecule has 4 rings (SSSR count). The quantitative estimate of drug-likeness (QED) is 0.550. The normalized spacial score (nSPS) is 18.1. The van der Waals surface area contributed by atoms with Crippen molar-refractivity contribution in [3.63, 3.8) is 0 Å². The molecule has 2 saturated heterocycles. The average molecular weight is 504 g/mol. The maximum Gasteiger partial charge on any atom is 0.263 e. The summed E-state index contributed by atoms with van der Waals surface area (Å²) in [6.45, 7) is 10.3. The van der Waals surface area contributed by atoms with Gasteiger partial charge in [0.1, 0.15) is 5.75 Å². The van der Waals surface area contributed by atoms with Gasteiger partial charge in [0.25, 0.3) is 15.9 Å². The Labute approximate surface area is 208 Å². The maximum absolute atomic E-state index is 13.7. The number of piperazine rings is 1. The lowest BCUT2D eigenvalue weighted by Crippen LogP contribution is -2.49. The van der Waals surface area contributed by atoms with Crippen LogP contribution in [0, 0.1) is 5.92 Å². The number of rotatable bonds is 8. The summed E-state index contributed by atoms with van der Waals surface area (Å²) in [6, 6.07) is 7.82. The third-order valence-electron chi connectivity index (χ3n) is 6.81. The standard InChI is InChI=1S/C25H37N5O4S/c1-4-12-29-19-21(25(31)28-13-10-20(3)11-14-28)24(26-29)35(32,33)30-17-15-27(16-18-30)22-8-6-7-9-23(22)34-5-2/h6-9,19-20H,4-5,10-18H2,1-3H3. The molecule has 0 spiro atoms. The second-order valence-corrected chi connectivity index (χ2v) is 11.2. The van der Waals surface area contributed by atoms with Crippen LogP contribution in [0.5, 0.6) is 5.75 Å². The minimum Gasteiger partial charge on any atom is -0.492 e. The lowest BCUT2D eigenvalue weighted by atomic mass is 9.99. The summed E-state index contributed by atoms with van der Waals surface area (Å²) < 4.78 is 36.2. The van der Waals surface area contributed by atoms with Crippen molar-refractivity contribution in [2.75, 3.05) is 50.8 Å². The van der Waals surface area contributed by atoms with Crippen LogP contribution < -0.4 is 9.64 Å². The number of nitrogens with zero attached hydrogens (tertiary/aromatic N) is 5. The molecule has 2 aliphatic heterocycles. The molecule has 0 atom stereocenters. The first kappa shape index (κ1) is 25.5. The van der Waals surface area contributed by atoms with Crippen molar-refractivity contribution in [1.29, 1.82) is 0 Å². The predicted molar refractivity (Wildman–Crippen MR) is 135 cm³/mol. The summed E-state index contributed by atoms with van der Waals surface area (Å²) in [7, 11) is -3.91. The van der Waals surface area contributed by atoms with Gasteiger partial charge in [0.2, 0.25) is 5.03 Å². The van der Waals surface area contributed by atoms with Crippen molar-refractivity contribution in [3.05, 3.63) is 36.0 Å². The number of likely N-dealkylation sites (tertiary alicyclic amines) is 1. The van der Waals surface area contributed by atoms with E-state index in [9.17, 15) is 13.2 Å². The summed E-state index contributed by atoms with van der Waals surface area (Å²) in [5.41, 5.74) is 1.16. The van der Waals surface area contributed by atoms with Crippen LogP contribution >= 0.6 is 0 Å². The van der Waals surface area contributed by atoms with E-state index in [1.165, 1.54) is 4.31 Å². The average Bonchev–Trinajstić information content (AvgIpc) is 3.30. The van der Waals surface area contributed by atoms with Gasteiger partial charge in [-0.25, -0.2) is 8.42 Å². The summed E-state index contributed by atoms with van der Waals surface area (Å²) in [5.74, 6) is 1.14. The molecular weight excluding hydrogens is 466 g/mol. The highest BCUT2D eigenvalue weighted by molar-refractivity contribution is 7.89. The Balaban J connectivity index is 1.54. The molecule has 0 aliphatic carbocycles. The summed E-state index contributed by atoms with van der Waals surface area (Å²) in [4.78, 5) is 17.3. The van der Waals surface area contributed by atoms with E-state index in [0.717, 1.165) is 30.7 Å². The van der Waals surface area contributed by atoms with Crippen LogP contribution in [0.1, 0.15) is 50.4 Å². The number of para-hydroxylation sites is 2. The number of hydrogen-bond acceptors (Lipinski definition) is 6. The van der Waals surface area contributed by atoms with E-state index in [4.69, 9.17) is 4.74 Å². The van der Waals surface area contributed by atoms with Crippen LogP contribution in [0.25, 0.3) is 0 Å². The number of benzene rings is 1. The third kappa shape index (κ3) is 5.48. The van der Waals surface area contributed by atoms with Crippen molar-refractivity contribution in [1.82, 2.24) is 19.0 Å². The monoisotopic (exact) mass is 503 g/mol. The van der Waals surface area contributed by atoms with E-state index in [-0.39, 0.29) is 16.5 Å². The van der Waals surface area contributed by atoms with Gasteiger partial charge in [-0.3, -0.25) is 9.48 Å². The van der Waals surface area contributed by atoms with Crippen molar-refractivity contribution in [3.8, 4) is 5.75 Å². The lowest BCUT2D eigenvalue weighted by molar-refractivity contribution is 0.0693. The third-order valence-corrected chi connectivity index (χ3v) is 8.65. The molecule has 0 N–H and O–H groups in total. The number of sulfonamides is 1. The largest absolute Gasteiger partial charge is 0.492 e. The molecule has 0 bridgehead atoms. The van der Waals surface area contributed by atoms with Crippen molar-refractivity contribution in [2.24, 2.45) is 5.92 Å². The van der Waals surface area contributed by atoms with Gasteiger partial charge in [-0.05, 0) is 44.2 Å². The summed E-state index contributed by atoms with van der Waals surface area (Å²) in [5, 5.41) is 4.29. The van der Waals surface area contributed by atoms with Gasteiger partial charge in [-0.2, -0.15) is 9.40 Å². The van der Waals surface area contributed by atoms with Crippen LogP contribution in [0.2, 0.25) is 0 Å². The SMILES string of the molecule is CCCn1cc(C(=O)N2CCC(C)CC2)c(S(=O)(=O)N2CCN(c3ccccc3OCC)CC2)n1. The molecule has 9 nitrogen and oxygen atoms in total. The van der Waals surface area contributed by atoms with Gasteiger partial charge in [-0.1, -0.05) is 26.0 Å². The number of aromatic nitrogens is 2. The fourth-order valence-corrected chi connectivity index (χ4v) is 6.27. The van der Waals surface area contributed by atoms with E-state index in [0.29, 0.717) is 58.3 Å². The van der Waals surface area contributed by atoms with E-state index >= 15 is 0 Å². The number of piperidine rings is 1. The second kappa shape index (κ2) is 11.0. The van der Waals surface area contributed by atoms with Crippen LogP contribution in [0.3, 0.4) is 0 Å². The Bertz CT molecular complexity index is 1120. The van der Waals surface area contributed by atoms with E-state index in [2.05, 4.69) is 16.9 Å². The summed E-state index contributed by atoms with van der Waals surface area (Å²) >= 11 is 0. The molecule has 0 saturated carbocycles. The molecule has 2 fully saturated rings. The molecule has 0 unspecified atom stereocenters. The molecule has 35 heavy (non-hydrogen) atoms. The Morgan fingerprint density at radius 3 is 2.40 bits per heavy atom. The molecule has 1 amide bonds. The first-order chi connectivity index (χ1) is 16.8. The van der Waals surface area contributed by atoms with Gasteiger partial charge < -0.3 is 14.5 Å². The lowest BCUT2D eigenvalue weighted by Gasteiger charge is -2.36. The fraction of sp³-hybridized carbons (Fsp3) is 0.600. The van der Waals surface area contributed by atoms with Crippen LogP contribution in [-0.4, -0.2) is 79.2 Å². The number of carbonyl (C=O) groups is 1. The fourth-order valence-electron chi connectivity index (χ4n) is 4.75. The van der Waals surface area contributed by atoms with Crippen LogP contribution in [0.4, 0.5) is 5.69 Å². The Morgan fingerprint density at radius 1 is 1.06 bits per heavy atom. The molecule has 10 heteroatoms. The number of carbonyl (C=O) groups excluding carboxylic acids is 1. The van der Waals surface area contributed by atoms with E-state index < -0.39 is 10.0 Å². The summed E-state index contributed by atoms with van der Waals surface area (Å²) in [6.07, 6.45) is 4.28. The second-order valence-electron chi connectivity index (χ2n) is 9.38. The zero-order chi connectivity index (χ0) is 25.0. The molecule has 1 aromatic heterocycles. The molecular formula is C25H37N5O4S. The van der Waals surface area contributed by atoms with Gasteiger partial charge in [0.15, 0.2) is 0 Å². The van der Waals surface area contributed by atoms with Crippen LogP contribution in [0.15, 0.2) is 35.5 Å². The number of amides is 1. The van der Waals surface area contributed by atoms with E-state index in [1.54, 1.807) is 15.8 Å². The Kier molecular flexibility index (Phi) is 8.01. The van der Waals surface area contributed by atoms with E-state index in [1.807, 2.05) is 38.1 Å². The molecule has 1 aromatic carbocycles. The highest BCUT2D eigenvalue weighted by atomic mass is 32.2. The number of anilines is 1. The van der Waals surface area contributed by atoms with Gasteiger partial charge in [-0.15, -0.1) is 0 Å². The van der Waals surface area contributed by atoms with Gasteiger partial charge >= 0.3 is 0 Å². The number of ether oxygens (including phenoxy) is 1. The zero-order valence-electron chi connectivity index (χ0n) is 21.0. The Hall–Kier alpha value is -2.59. The minimum absolute atomic E-state index is 0.113. The molecule has 2 aromatic rings.